The van der Waals surface area contributed by atoms with Crippen LogP contribution in [0.2, 0.25) is 0 Å². The van der Waals surface area contributed by atoms with Crippen LogP contribution in [0.1, 0.15) is 38.7 Å². The van der Waals surface area contributed by atoms with Gasteiger partial charge in [-0.25, -0.2) is 4.79 Å². The lowest BCUT2D eigenvalue weighted by Gasteiger charge is -2.60. The summed E-state index contributed by atoms with van der Waals surface area (Å²) in [7, 11) is 0. The van der Waals surface area contributed by atoms with E-state index >= 15 is 0 Å². The summed E-state index contributed by atoms with van der Waals surface area (Å²) >= 11 is 0. The van der Waals surface area contributed by atoms with Gasteiger partial charge in [0.15, 0.2) is 0 Å². The minimum absolute atomic E-state index is 0.0540. The van der Waals surface area contributed by atoms with Gasteiger partial charge in [0.1, 0.15) is 5.54 Å². The van der Waals surface area contributed by atoms with Crippen LogP contribution in [0.3, 0.4) is 0 Å². The Balaban J connectivity index is 1.70. The summed E-state index contributed by atoms with van der Waals surface area (Å²) in [5.74, 6) is -0.0325. The Bertz CT molecular complexity index is 876. The van der Waals surface area contributed by atoms with E-state index in [0.717, 1.165) is 18.5 Å². The van der Waals surface area contributed by atoms with Gasteiger partial charge in [-0.1, -0.05) is 44.2 Å². The number of nitrogens with one attached hydrogen (secondary N) is 1. The number of carbonyl (C=O) groups is 3. The molecule has 5 rings (SSSR count). The standard InChI is InChI=1S/C24H34N4O4/c1-15(2)12-27-14-18-10-17-13-28(23(31)32)24(18,21(27)19(17)8-9-20(25)29)22(30)26-11-16-6-4-3-5-7-16/h3-7,15,17-19,21H,8-14H2,1-2H3,(H2,25,29)(H,26,30)(H,31,32)/t17-,18-,19+,21-,24-/m0/s1. The molecular formula is C24H34N4O4. The Labute approximate surface area is 189 Å². The molecule has 4 fully saturated rings. The number of nitrogens with zero attached hydrogens (tertiary/aromatic N) is 2. The number of carbonyl (C=O) groups excluding carboxylic acids is 2. The molecule has 0 spiro atoms. The quantitative estimate of drug-likeness (QED) is 0.569. The van der Waals surface area contributed by atoms with E-state index in [1.165, 1.54) is 4.90 Å². The van der Waals surface area contributed by atoms with Gasteiger partial charge in [-0.15, -0.1) is 0 Å². The highest BCUT2D eigenvalue weighted by atomic mass is 16.4. The molecule has 8 heteroatoms. The van der Waals surface area contributed by atoms with Crippen molar-refractivity contribution in [3.63, 3.8) is 0 Å². The van der Waals surface area contributed by atoms with Crippen LogP contribution in [0, 0.1) is 23.7 Å². The largest absolute Gasteiger partial charge is 0.465 e. The van der Waals surface area contributed by atoms with Crippen LogP contribution >= 0.6 is 0 Å². The minimum Gasteiger partial charge on any atom is -0.465 e. The molecule has 3 heterocycles. The lowest BCUT2D eigenvalue weighted by molar-refractivity contribution is -0.155. The van der Waals surface area contributed by atoms with E-state index in [-0.39, 0.29) is 42.0 Å². The zero-order chi connectivity index (χ0) is 23.0. The van der Waals surface area contributed by atoms with Crippen LogP contribution in [0.25, 0.3) is 0 Å². The third kappa shape index (κ3) is 3.74. The van der Waals surface area contributed by atoms with Crippen LogP contribution in [0.15, 0.2) is 30.3 Å². The van der Waals surface area contributed by atoms with Gasteiger partial charge >= 0.3 is 6.09 Å². The van der Waals surface area contributed by atoms with Crippen LogP contribution in [-0.4, -0.2) is 64.0 Å². The number of carboxylic acid groups (broad SMARTS) is 1. The van der Waals surface area contributed by atoms with Crippen molar-refractivity contribution in [2.45, 2.75) is 51.2 Å². The van der Waals surface area contributed by atoms with Crippen molar-refractivity contribution in [3.05, 3.63) is 35.9 Å². The SMILES string of the molecule is CC(C)CN1C[C@@H]2C[C@H]3CN(C(=O)O)[C@]2(C(=O)NCc2ccccc2)[C@@H]1[C@@H]3CCC(N)=O. The molecule has 4 aliphatic rings. The Kier molecular flexibility index (Phi) is 6.16. The molecule has 3 amide bonds. The van der Waals surface area contributed by atoms with Crippen molar-refractivity contribution in [1.82, 2.24) is 15.1 Å². The monoisotopic (exact) mass is 442 g/mol. The van der Waals surface area contributed by atoms with E-state index in [4.69, 9.17) is 5.73 Å². The molecule has 0 radical (unpaired) electrons. The number of piperidine rings is 2. The first kappa shape index (κ1) is 22.6. The van der Waals surface area contributed by atoms with Gasteiger partial charge in [-0.05, 0) is 36.2 Å². The predicted octanol–water partition coefficient (Wildman–Crippen LogP) is 1.89. The Morgan fingerprint density at radius 3 is 2.56 bits per heavy atom. The summed E-state index contributed by atoms with van der Waals surface area (Å²) < 4.78 is 0. The minimum atomic E-state index is -1.13. The van der Waals surface area contributed by atoms with Crippen LogP contribution < -0.4 is 11.1 Å². The lowest BCUT2D eigenvalue weighted by Crippen LogP contribution is -2.77. The predicted molar refractivity (Wildman–Crippen MR) is 119 cm³/mol. The van der Waals surface area contributed by atoms with Gasteiger partial charge < -0.3 is 16.2 Å². The molecule has 1 aliphatic carbocycles. The Hall–Kier alpha value is -2.61. The summed E-state index contributed by atoms with van der Waals surface area (Å²) in [6.45, 7) is 6.46. The van der Waals surface area contributed by atoms with Crippen molar-refractivity contribution in [3.8, 4) is 0 Å². The normalized spacial score (nSPS) is 31.2. The summed E-state index contributed by atoms with van der Waals surface area (Å²) in [6.07, 6.45) is 0.607. The number of benzene rings is 1. The molecule has 3 saturated heterocycles. The Morgan fingerprint density at radius 1 is 1.22 bits per heavy atom. The third-order valence-corrected chi connectivity index (χ3v) is 7.60. The van der Waals surface area contributed by atoms with E-state index in [2.05, 4.69) is 24.1 Å². The Morgan fingerprint density at radius 2 is 1.94 bits per heavy atom. The highest BCUT2D eigenvalue weighted by Gasteiger charge is 2.72. The molecule has 1 saturated carbocycles. The first-order valence-electron chi connectivity index (χ1n) is 11.6. The molecule has 0 unspecified atom stereocenters. The summed E-state index contributed by atoms with van der Waals surface area (Å²) in [5.41, 5.74) is 5.30. The number of nitrogens with two attached hydrogens (primary N) is 1. The number of rotatable bonds is 8. The molecule has 0 aromatic heterocycles. The molecule has 174 valence electrons. The van der Waals surface area contributed by atoms with E-state index in [1.807, 2.05) is 30.3 Å². The first-order valence-corrected chi connectivity index (χ1v) is 11.6. The second-order valence-corrected chi connectivity index (χ2v) is 10.0. The van der Waals surface area contributed by atoms with Crippen LogP contribution in [0.5, 0.6) is 0 Å². The van der Waals surface area contributed by atoms with Gasteiger partial charge in [-0.3, -0.25) is 19.4 Å². The fourth-order valence-corrected chi connectivity index (χ4v) is 6.64. The number of primary amides is 1. The van der Waals surface area contributed by atoms with Crippen LogP contribution in [-0.2, 0) is 16.1 Å². The second kappa shape index (κ2) is 8.73. The number of hydrogen-bond acceptors (Lipinski definition) is 4. The molecule has 4 bridgehead atoms. The smallest absolute Gasteiger partial charge is 0.408 e. The van der Waals surface area contributed by atoms with Crippen molar-refractivity contribution < 1.29 is 19.5 Å². The maximum absolute atomic E-state index is 13.9. The van der Waals surface area contributed by atoms with Gasteiger partial charge in [0.05, 0.1) is 0 Å². The summed E-state index contributed by atoms with van der Waals surface area (Å²) in [6, 6.07) is 9.41. The highest BCUT2D eigenvalue weighted by molar-refractivity contribution is 5.92. The summed E-state index contributed by atoms with van der Waals surface area (Å²) in [4.78, 5) is 41.6. The fourth-order valence-electron chi connectivity index (χ4n) is 6.64. The van der Waals surface area contributed by atoms with Gasteiger partial charge in [0.25, 0.3) is 0 Å². The molecule has 3 aliphatic heterocycles. The average Bonchev–Trinajstić information content (AvgIpc) is 2.99. The molecular weight excluding hydrogens is 408 g/mol. The number of amides is 3. The summed E-state index contributed by atoms with van der Waals surface area (Å²) in [5, 5.41) is 13.2. The van der Waals surface area contributed by atoms with Crippen molar-refractivity contribution >= 4 is 17.9 Å². The van der Waals surface area contributed by atoms with E-state index in [1.54, 1.807) is 0 Å². The molecule has 1 aromatic rings. The zero-order valence-electron chi connectivity index (χ0n) is 18.9. The number of hydrogen-bond donors (Lipinski definition) is 3. The average molecular weight is 443 g/mol. The zero-order valence-corrected chi connectivity index (χ0v) is 18.9. The van der Waals surface area contributed by atoms with Crippen molar-refractivity contribution in [1.29, 1.82) is 0 Å². The van der Waals surface area contributed by atoms with Gasteiger partial charge in [0.2, 0.25) is 11.8 Å². The molecule has 4 N–H and O–H groups in total. The van der Waals surface area contributed by atoms with Crippen molar-refractivity contribution in [2.75, 3.05) is 19.6 Å². The second-order valence-electron chi connectivity index (χ2n) is 10.0. The van der Waals surface area contributed by atoms with Gasteiger partial charge in [-0.2, -0.15) is 0 Å². The maximum atomic E-state index is 13.9. The van der Waals surface area contributed by atoms with E-state index < -0.39 is 11.6 Å². The van der Waals surface area contributed by atoms with Gasteiger partial charge in [0, 0.05) is 44.6 Å². The molecule has 5 atom stereocenters. The van der Waals surface area contributed by atoms with E-state index in [0.29, 0.717) is 32.0 Å². The topological polar surface area (TPSA) is 116 Å². The highest BCUT2D eigenvalue weighted by Crippen LogP contribution is 2.57. The number of likely N-dealkylation sites (tertiary alicyclic amines) is 1. The van der Waals surface area contributed by atoms with E-state index in [9.17, 15) is 19.5 Å². The molecule has 8 nitrogen and oxygen atoms in total. The van der Waals surface area contributed by atoms with Crippen molar-refractivity contribution in [2.24, 2.45) is 29.4 Å². The molecule has 1 aromatic carbocycles. The van der Waals surface area contributed by atoms with Crippen LogP contribution in [0.4, 0.5) is 4.79 Å². The first-order chi connectivity index (χ1) is 15.2. The fraction of sp³-hybridized carbons (Fsp3) is 0.625. The lowest BCUT2D eigenvalue weighted by atomic mass is 9.57. The maximum Gasteiger partial charge on any atom is 0.408 e. The third-order valence-electron chi connectivity index (χ3n) is 7.60. The number of fused-ring (bicyclic) bond motifs is 1. The molecule has 32 heavy (non-hydrogen) atoms.